The highest BCUT2D eigenvalue weighted by Crippen LogP contribution is 2.12. The van der Waals surface area contributed by atoms with Crippen LogP contribution < -0.4 is 15.5 Å². The molecular weight excluding hydrogens is 423 g/mol. The molecule has 2 rings (SSSR count). The number of halogens is 1. The maximum absolute atomic E-state index is 4.28. The zero-order valence-corrected chi connectivity index (χ0v) is 17.7. The standard InChI is InChI=1S/C20H28N4.HI/c1-21-20(22-15-13-17-7-5-4-6-8-17)23-16-14-18-9-11-19(12-10-18)24(2)3;/h4-12H,13-16H2,1-3H3,(H2,21,22,23);1H. The van der Waals surface area contributed by atoms with E-state index in [1.165, 1.54) is 16.8 Å². The first-order chi connectivity index (χ1) is 11.7. The van der Waals surface area contributed by atoms with E-state index in [9.17, 15) is 0 Å². The van der Waals surface area contributed by atoms with Gasteiger partial charge in [0.05, 0.1) is 0 Å². The Morgan fingerprint density at radius 1 is 0.840 bits per heavy atom. The first-order valence-electron chi connectivity index (χ1n) is 8.44. The van der Waals surface area contributed by atoms with Gasteiger partial charge in [-0.1, -0.05) is 42.5 Å². The van der Waals surface area contributed by atoms with Gasteiger partial charge < -0.3 is 15.5 Å². The van der Waals surface area contributed by atoms with E-state index in [1.807, 2.05) is 13.1 Å². The molecule has 2 aromatic rings. The van der Waals surface area contributed by atoms with E-state index in [4.69, 9.17) is 0 Å². The molecule has 0 aliphatic carbocycles. The lowest BCUT2D eigenvalue weighted by atomic mass is 10.1. The minimum atomic E-state index is 0. The van der Waals surface area contributed by atoms with Crippen molar-refractivity contribution in [3.8, 4) is 0 Å². The van der Waals surface area contributed by atoms with Crippen LogP contribution in [0.25, 0.3) is 0 Å². The van der Waals surface area contributed by atoms with Crippen molar-refractivity contribution in [1.82, 2.24) is 10.6 Å². The lowest BCUT2D eigenvalue weighted by Gasteiger charge is -2.14. The Morgan fingerprint density at radius 3 is 1.84 bits per heavy atom. The van der Waals surface area contributed by atoms with E-state index in [-0.39, 0.29) is 24.0 Å². The summed E-state index contributed by atoms with van der Waals surface area (Å²) in [5.41, 5.74) is 3.89. The van der Waals surface area contributed by atoms with Crippen LogP contribution in [0.15, 0.2) is 59.6 Å². The first kappa shape index (κ1) is 21.3. The Balaban J connectivity index is 0.00000312. The third-order valence-corrected chi connectivity index (χ3v) is 3.93. The number of hydrogen-bond acceptors (Lipinski definition) is 2. The molecule has 0 aliphatic rings. The highest BCUT2D eigenvalue weighted by molar-refractivity contribution is 14.0. The number of benzene rings is 2. The average molecular weight is 452 g/mol. The van der Waals surface area contributed by atoms with Gasteiger partial charge in [-0.25, -0.2) is 0 Å². The molecule has 0 bridgehead atoms. The summed E-state index contributed by atoms with van der Waals surface area (Å²) < 4.78 is 0. The lowest BCUT2D eigenvalue weighted by molar-refractivity contribution is 0.784. The molecule has 2 N–H and O–H groups in total. The SMILES string of the molecule is CN=C(NCCc1ccccc1)NCCc1ccc(N(C)C)cc1.I. The van der Waals surface area contributed by atoms with Crippen molar-refractivity contribution in [2.24, 2.45) is 4.99 Å². The second-order valence-electron chi connectivity index (χ2n) is 5.97. The first-order valence-corrected chi connectivity index (χ1v) is 8.44. The van der Waals surface area contributed by atoms with Crippen molar-refractivity contribution in [3.05, 3.63) is 65.7 Å². The molecular formula is C20H29IN4. The van der Waals surface area contributed by atoms with Crippen molar-refractivity contribution >= 4 is 35.6 Å². The second-order valence-corrected chi connectivity index (χ2v) is 5.97. The largest absolute Gasteiger partial charge is 0.378 e. The Bertz CT molecular complexity index is 624. The highest BCUT2D eigenvalue weighted by atomic mass is 127. The molecule has 0 spiro atoms. The van der Waals surface area contributed by atoms with Gasteiger partial charge in [-0.05, 0) is 36.1 Å². The smallest absolute Gasteiger partial charge is 0.190 e. The zero-order chi connectivity index (χ0) is 17.2. The number of rotatable bonds is 7. The summed E-state index contributed by atoms with van der Waals surface area (Å²) in [5, 5.41) is 6.73. The van der Waals surface area contributed by atoms with Crippen molar-refractivity contribution in [3.63, 3.8) is 0 Å². The van der Waals surface area contributed by atoms with Gasteiger partial charge >= 0.3 is 0 Å². The zero-order valence-electron chi connectivity index (χ0n) is 15.3. The quantitative estimate of drug-likeness (QED) is 0.385. The molecule has 0 fully saturated rings. The summed E-state index contributed by atoms with van der Waals surface area (Å²) in [6, 6.07) is 19.2. The molecule has 0 radical (unpaired) electrons. The van der Waals surface area contributed by atoms with E-state index in [0.29, 0.717) is 0 Å². The van der Waals surface area contributed by atoms with E-state index in [0.717, 1.165) is 31.9 Å². The molecule has 0 aromatic heterocycles. The van der Waals surface area contributed by atoms with Gasteiger partial charge in [0.15, 0.2) is 5.96 Å². The van der Waals surface area contributed by atoms with Crippen LogP contribution in [0.3, 0.4) is 0 Å². The molecule has 0 heterocycles. The minimum Gasteiger partial charge on any atom is -0.378 e. The monoisotopic (exact) mass is 452 g/mol. The third-order valence-electron chi connectivity index (χ3n) is 3.93. The number of guanidine groups is 1. The van der Waals surface area contributed by atoms with Gasteiger partial charge in [0, 0.05) is 39.9 Å². The van der Waals surface area contributed by atoms with Gasteiger partial charge in [0.25, 0.3) is 0 Å². The number of hydrogen-bond donors (Lipinski definition) is 2. The van der Waals surface area contributed by atoms with Crippen LogP contribution in [0.5, 0.6) is 0 Å². The predicted octanol–water partition coefficient (Wildman–Crippen LogP) is 3.32. The molecule has 0 saturated carbocycles. The molecule has 0 unspecified atom stereocenters. The van der Waals surface area contributed by atoms with Gasteiger partial charge in [-0.2, -0.15) is 0 Å². The molecule has 5 heteroatoms. The number of anilines is 1. The molecule has 0 aliphatic heterocycles. The van der Waals surface area contributed by atoms with E-state index >= 15 is 0 Å². The van der Waals surface area contributed by atoms with Crippen molar-refractivity contribution in [2.45, 2.75) is 12.8 Å². The molecule has 2 aromatic carbocycles. The van der Waals surface area contributed by atoms with Crippen LogP contribution in [-0.2, 0) is 12.8 Å². The minimum absolute atomic E-state index is 0. The molecule has 136 valence electrons. The van der Waals surface area contributed by atoms with Crippen molar-refractivity contribution in [2.75, 3.05) is 39.1 Å². The fourth-order valence-corrected chi connectivity index (χ4v) is 2.48. The summed E-state index contributed by atoms with van der Waals surface area (Å²) in [7, 11) is 5.92. The number of nitrogens with one attached hydrogen (secondary N) is 2. The molecule has 0 saturated heterocycles. The topological polar surface area (TPSA) is 39.7 Å². The normalized spacial score (nSPS) is 10.8. The molecule has 4 nitrogen and oxygen atoms in total. The fourth-order valence-electron chi connectivity index (χ4n) is 2.48. The fraction of sp³-hybridized carbons (Fsp3) is 0.350. The highest BCUT2D eigenvalue weighted by Gasteiger charge is 1.99. The Hall–Kier alpha value is -1.76. The van der Waals surface area contributed by atoms with Crippen molar-refractivity contribution < 1.29 is 0 Å². The molecule has 25 heavy (non-hydrogen) atoms. The second kappa shape index (κ2) is 11.7. The van der Waals surface area contributed by atoms with E-state index < -0.39 is 0 Å². The Morgan fingerprint density at radius 2 is 1.36 bits per heavy atom. The summed E-state index contributed by atoms with van der Waals surface area (Å²) in [5.74, 6) is 0.857. The van der Waals surface area contributed by atoms with Gasteiger partial charge in [-0.3, -0.25) is 4.99 Å². The van der Waals surface area contributed by atoms with Crippen LogP contribution in [-0.4, -0.2) is 40.2 Å². The maximum Gasteiger partial charge on any atom is 0.190 e. The predicted molar refractivity (Wildman–Crippen MR) is 119 cm³/mol. The van der Waals surface area contributed by atoms with Gasteiger partial charge in [0.2, 0.25) is 0 Å². The maximum atomic E-state index is 4.28. The van der Waals surface area contributed by atoms with Crippen LogP contribution in [0.1, 0.15) is 11.1 Å². The molecule has 0 atom stereocenters. The average Bonchev–Trinajstić information content (AvgIpc) is 2.61. The third kappa shape index (κ3) is 7.77. The van der Waals surface area contributed by atoms with Crippen LogP contribution in [0.2, 0.25) is 0 Å². The number of aliphatic imine (C=N–C) groups is 1. The summed E-state index contributed by atoms with van der Waals surface area (Å²) in [6.07, 6.45) is 1.97. The van der Waals surface area contributed by atoms with Crippen LogP contribution in [0, 0.1) is 0 Å². The summed E-state index contributed by atoms with van der Waals surface area (Å²) >= 11 is 0. The number of nitrogens with zero attached hydrogens (tertiary/aromatic N) is 2. The van der Waals surface area contributed by atoms with E-state index in [1.54, 1.807) is 0 Å². The van der Waals surface area contributed by atoms with Crippen LogP contribution in [0.4, 0.5) is 5.69 Å². The lowest BCUT2D eigenvalue weighted by Crippen LogP contribution is -2.39. The van der Waals surface area contributed by atoms with Crippen molar-refractivity contribution in [1.29, 1.82) is 0 Å². The molecule has 0 amide bonds. The Labute approximate surface area is 168 Å². The van der Waals surface area contributed by atoms with Crippen LogP contribution >= 0.6 is 24.0 Å². The van der Waals surface area contributed by atoms with E-state index in [2.05, 4.69) is 83.2 Å². The van der Waals surface area contributed by atoms with Gasteiger partial charge in [0.1, 0.15) is 0 Å². The van der Waals surface area contributed by atoms with Gasteiger partial charge in [-0.15, -0.1) is 24.0 Å². The summed E-state index contributed by atoms with van der Waals surface area (Å²) in [6.45, 7) is 1.74. The Kier molecular flexibility index (Phi) is 9.99. The summed E-state index contributed by atoms with van der Waals surface area (Å²) in [4.78, 5) is 6.39.